The number of nitrogens with zero attached hydrogens (tertiary/aromatic N) is 2. The average Bonchev–Trinajstić information content (AvgIpc) is 2.87. The molecule has 1 heterocycles. The summed E-state index contributed by atoms with van der Waals surface area (Å²) >= 11 is 0. The molecule has 0 fully saturated rings. The summed E-state index contributed by atoms with van der Waals surface area (Å²) in [6.45, 7) is 4.01. The van der Waals surface area contributed by atoms with E-state index in [4.69, 9.17) is 9.26 Å². The van der Waals surface area contributed by atoms with Gasteiger partial charge in [0.05, 0.1) is 0 Å². The van der Waals surface area contributed by atoms with Gasteiger partial charge in [-0.2, -0.15) is 4.98 Å². The SMILES string of the molecule is CNCc1cc(F)c(OCc2nc(C(C)C)no2)c(F)c1. The van der Waals surface area contributed by atoms with Gasteiger partial charge in [0, 0.05) is 12.5 Å². The van der Waals surface area contributed by atoms with E-state index in [1.807, 2.05) is 13.8 Å². The second-order valence-corrected chi connectivity index (χ2v) is 4.91. The van der Waals surface area contributed by atoms with Crippen LogP contribution in [0, 0.1) is 11.6 Å². The highest BCUT2D eigenvalue weighted by molar-refractivity contribution is 5.31. The molecule has 21 heavy (non-hydrogen) atoms. The fraction of sp³-hybridized carbons (Fsp3) is 0.429. The van der Waals surface area contributed by atoms with Crippen molar-refractivity contribution in [3.05, 3.63) is 41.0 Å². The number of hydrogen-bond donors (Lipinski definition) is 1. The van der Waals surface area contributed by atoms with Crippen molar-refractivity contribution < 1.29 is 18.0 Å². The first-order chi connectivity index (χ1) is 10.0. The molecule has 7 heteroatoms. The Labute approximate surface area is 121 Å². The molecule has 2 rings (SSSR count). The lowest BCUT2D eigenvalue weighted by Crippen LogP contribution is -2.07. The van der Waals surface area contributed by atoms with Crippen molar-refractivity contribution >= 4 is 0 Å². The Balaban J connectivity index is 2.08. The Kier molecular flexibility index (Phi) is 4.85. The monoisotopic (exact) mass is 297 g/mol. The van der Waals surface area contributed by atoms with Crippen LogP contribution in [-0.2, 0) is 13.2 Å². The second kappa shape index (κ2) is 6.62. The van der Waals surface area contributed by atoms with Crippen molar-refractivity contribution in [3.63, 3.8) is 0 Å². The predicted octanol–water partition coefficient (Wildman–Crippen LogP) is 2.77. The molecule has 0 aliphatic heterocycles. The first-order valence-electron chi connectivity index (χ1n) is 6.59. The van der Waals surface area contributed by atoms with Crippen LogP contribution >= 0.6 is 0 Å². The van der Waals surface area contributed by atoms with Gasteiger partial charge in [0.25, 0.3) is 5.89 Å². The van der Waals surface area contributed by atoms with E-state index >= 15 is 0 Å². The fourth-order valence-electron chi connectivity index (χ4n) is 1.75. The van der Waals surface area contributed by atoms with E-state index in [2.05, 4.69) is 15.5 Å². The minimum Gasteiger partial charge on any atom is -0.478 e. The zero-order chi connectivity index (χ0) is 15.4. The van der Waals surface area contributed by atoms with Gasteiger partial charge in [0.2, 0.25) is 0 Å². The Bertz CT molecular complexity index is 591. The molecule has 0 aliphatic rings. The van der Waals surface area contributed by atoms with Crippen LogP contribution in [0.2, 0.25) is 0 Å². The molecule has 1 aromatic heterocycles. The van der Waals surface area contributed by atoms with Gasteiger partial charge < -0.3 is 14.6 Å². The molecule has 0 saturated heterocycles. The lowest BCUT2D eigenvalue weighted by molar-refractivity contribution is 0.224. The summed E-state index contributed by atoms with van der Waals surface area (Å²) in [5, 5.41) is 6.57. The number of nitrogens with one attached hydrogen (secondary N) is 1. The maximum Gasteiger partial charge on any atom is 0.264 e. The Morgan fingerprint density at radius 3 is 2.48 bits per heavy atom. The Morgan fingerprint density at radius 1 is 1.29 bits per heavy atom. The van der Waals surface area contributed by atoms with Crippen molar-refractivity contribution in [3.8, 4) is 5.75 Å². The number of ether oxygens (including phenoxy) is 1. The van der Waals surface area contributed by atoms with Gasteiger partial charge >= 0.3 is 0 Å². The molecule has 2 aromatic rings. The van der Waals surface area contributed by atoms with Gasteiger partial charge in [-0.3, -0.25) is 0 Å². The van der Waals surface area contributed by atoms with Crippen LogP contribution < -0.4 is 10.1 Å². The van der Waals surface area contributed by atoms with Gasteiger partial charge in [-0.1, -0.05) is 19.0 Å². The molecule has 1 aromatic carbocycles. The van der Waals surface area contributed by atoms with E-state index in [1.165, 1.54) is 12.1 Å². The summed E-state index contributed by atoms with van der Waals surface area (Å²) in [7, 11) is 1.70. The minimum atomic E-state index is -0.760. The topological polar surface area (TPSA) is 60.2 Å². The van der Waals surface area contributed by atoms with Crippen molar-refractivity contribution in [2.45, 2.75) is 32.9 Å². The van der Waals surface area contributed by atoms with E-state index in [9.17, 15) is 8.78 Å². The van der Waals surface area contributed by atoms with Gasteiger partial charge in [-0.15, -0.1) is 0 Å². The van der Waals surface area contributed by atoms with E-state index in [0.29, 0.717) is 17.9 Å². The molecule has 0 spiro atoms. The Morgan fingerprint density at radius 2 is 1.95 bits per heavy atom. The van der Waals surface area contributed by atoms with E-state index in [-0.39, 0.29) is 18.4 Å². The molecule has 0 unspecified atom stereocenters. The predicted molar refractivity (Wildman–Crippen MR) is 71.8 cm³/mol. The summed E-state index contributed by atoms with van der Waals surface area (Å²) in [5.41, 5.74) is 0.500. The number of halogens is 2. The summed E-state index contributed by atoms with van der Waals surface area (Å²) in [5.74, 6) is -1.15. The molecule has 0 radical (unpaired) electrons. The van der Waals surface area contributed by atoms with Crippen molar-refractivity contribution in [1.29, 1.82) is 0 Å². The highest BCUT2D eigenvalue weighted by atomic mass is 19.1. The molecule has 114 valence electrons. The van der Waals surface area contributed by atoms with Crippen molar-refractivity contribution in [2.75, 3.05) is 7.05 Å². The minimum absolute atomic E-state index is 0.108. The molecule has 0 amide bonds. The highest BCUT2D eigenvalue weighted by Crippen LogP contribution is 2.24. The van der Waals surface area contributed by atoms with Gasteiger partial charge in [-0.25, -0.2) is 8.78 Å². The van der Waals surface area contributed by atoms with Crippen LogP contribution in [0.4, 0.5) is 8.78 Å². The maximum atomic E-state index is 13.8. The number of rotatable bonds is 6. The van der Waals surface area contributed by atoms with Crippen LogP contribution in [0.3, 0.4) is 0 Å². The lowest BCUT2D eigenvalue weighted by atomic mass is 10.2. The highest BCUT2D eigenvalue weighted by Gasteiger charge is 2.15. The number of hydrogen-bond acceptors (Lipinski definition) is 5. The summed E-state index contributed by atoms with van der Waals surface area (Å²) in [6, 6.07) is 2.45. The second-order valence-electron chi connectivity index (χ2n) is 4.91. The van der Waals surface area contributed by atoms with Crippen LogP contribution in [-0.4, -0.2) is 17.2 Å². The normalized spacial score (nSPS) is 11.1. The third-order valence-electron chi connectivity index (χ3n) is 2.78. The molecule has 0 saturated carbocycles. The van der Waals surface area contributed by atoms with Crippen LogP contribution in [0.5, 0.6) is 5.75 Å². The Hall–Kier alpha value is -2.02. The standard InChI is InChI=1S/C14H17F2N3O2/c1-8(2)14-18-12(21-19-14)7-20-13-10(15)4-9(6-17-3)5-11(13)16/h4-5,8,17H,6-7H2,1-3H3. The first-order valence-corrected chi connectivity index (χ1v) is 6.59. The summed E-state index contributed by atoms with van der Waals surface area (Å²) in [6.07, 6.45) is 0. The summed E-state index contributed by atoms with van der Waals surface area (Å²) in [4.78, 5) is 4.07. The molecule has 1 N–H and O–H groups in total. The summed E-state index contributed by atoms with van der Waals surface area (Å²) < 4.78 is 37.7. The van der Waals surface area contributed by atoms with Gasteiger partial charge in [-0.05, 0) is 24.7 Å². The molecular formula is C14H17F2N3O2. The van der Waals surface area contributed by atoms with E-state index in [1.54, 1.807) is 7.05 Å². The van der Waals surface area contributed by atoms with Crippen LogP contribution in [0.25, 0.3) is 0 Å². The molecule has 5 nitrogen and oxygen atoms in total. The van der Waals surface area contributed by atoms with Crippen molar-refractivity contribution in [2.24, 2.45) is 0 Å². The molecular weight excluding hydrogens is 280 g/mol. The van der Waals surface area contributed by atoms with Crippen molar-refractivity contribution in [1.82, 2.24) is 15.5 Å². The quantitative estimate of drug-likeness (QED) is 0.888. The number of benzene rings is 1. The maximum absolute atomic E-state index is 13.8. The van der Waals surface area contributed by atoms with Gasteiger partial charge in [0.1, 0.15) is 0 Å². The fourth-order valence-corrected chi connectivity index (χ4v) is 1.75. The largest absolute Gasteiger partial charge is 0.478 e. The van der Waals surface area contributed by atoms with Gasteiger partial charge in [0.15, 0.2) is 29.8 Å². The van der Waals surface area contributed by atoms with Crippen LogP contribution in [0.1, 0.15) is 37.0 Å². The third kappa shape index (κ3) is 3.75. The lowest BCUT2D eigenvalue weighted by Gasteiger charge is -2.08. The average molecular weight is 297 g/mol. The van der Waals surface area contributed by atoms with E-state index in [0.717, 1.165) is 0 Å². The third-order valence-corrected chi connectivity index (χ3v) is 2.78. The molecule has 0 bridgehead atoms. The first kappa shape index (κ1) is 15.4. The zero-order valence-electron chi connectivity index (χ0n) is 12.1. The van der Waals surface area contributed by atoms with Crippen LogP contribution in [0.15, 0.2) is 16.7 Å². The molecule has 0 aliphatic carbocycles. The van der Waals surface area contributed by atoms with E-state index < -0.39 is 17.4 Å². The smallest absolute Gasteiger partial charge is 0.264 e. The molecule has 0 atom stereocenters. The zero-order valence-corrected chi connectivity index (χ0v) is 12.1. The number of aromatic nitrogens is 2.